The minimum absolute atomic E-state index is 0.0879. The Morgan fingerprint density at radius 1 is 1.36 bits per heavy atom. The Hall–Kier alpha value is -0.0800. The molecule has 0 aromatic carbocycles. The van der Waals surface area contributed by atoms with E-state index in [1.165, 1.54) is 0 Å². The summed E-state index contributed by atoms with van der Waals surface area (Å²) in [6.45, 7) is 6.17. The largest absolute Gasteiger partial charge is 0.396 e. The van der Waals surface area contributed by atoms with Gasteiger partial charge >= 0.3 is 0 Å². The molecule has 0 heterocycles. The Morgan fingerprint density at radius 2 is 1.91 bits per heavy atom. The first kappa shape index (κ1) is 10.9. The van der Waals surface area contributed by atoms with Gasteiger partial charge in [0.2, 0.25) is 0 Å². The van der Waals surface area contributed by atoms with Crippen LogP contribution in [0.1, 0.15) is 40.0 Å². The van der Waals surface area contributed by atoms with Crippen molar-refractivity contribution in [2.24, 2.45) is 5.41 Å². The molecule has 0 aromatic heterocycles. The van der Waals surface area contributed by atoms with Gasteiger partial charge in [0.05, 0.1) is 6.10 Å². The van der Waals surface area contributed by atoms with Crippen molar-refractivity contribution in [2.45, 2.75) is 46.1 Å². The van der Waals surface area contributed by atoms with E-state index in [0.29, 0.717) is 6.42 Å². The molecular formula is C9H20O2. The molecule has 2 unspecified atom stereocenters. The van der Waals surface area contributed by atoms with E-state index in [9.17, 15) is 5.11 Å². The first-order valence-electron chi connectivity index (χ1n) is 4.37. The number of hydrogen-bond donors (Lipinski definition) is 2. The molecule has 0 rings (SSSR count). The Kier molecular flexibility index (Phi) is 4.69. The molecule has 2 N–H and O–H groups in total. The van der Waals surface area contributed by atoms with Crippen LogP contribution in [0.25, 0.3) is 0 Å². The van der Waals surface area contributed by atoms with Crippen LogP contribution in [-0.4, -0.2) is 22.9 Å². The minimum Gasteiger partial charge on any atom is -0.396 e. The predicted molar refractivity (Wildman–Crippen MR) is 46.4 cm³/mol. The van der Waals surface area contributed by atoms with E-state index in [-0.39, 0.29) is 18.1 Å². The zero-order chi connectivity index (χ0) is 8.91. The summed E-state index contributed by atoms with van der Waals surface area (Å²) in [6, 6.07) is 0. The van der Waals surface area contributed by atoms with Gasteiger partial charge in [0, 0.05) is 6.61 Å². The first-order valence-corrected chi connectivity index (χ1v) is 4.37. The summed E-state index contributed by atoms with van der Waals surface area (Å²) in [5, 5.41) is 18.4. The lowest BCUT2D eigenvalue weighted by Crippen LogP contribution is -2.26. The van der Waals surface area contributed by atoms with Gasteiger partial charge in [0.15, 0.2) is 0 Å². The highest BCUT2D eigenvalue weighted by Crippen LogP contribution is 2.27. The van der Waals surface area contributed by atoms with Crippen molar-refractivity contribution in [1.82, 2.24) is 0 Å². The third-order valence-corrected chi connectivity index (χ3v) is 2.43. The lowest BCUT2D eigenvalue weighted by atomic mass is 9.82. The van der Waals surface area contributed by atoms with E-state index in [0.717, 1.165) is 12.8 Å². The molecule has 11 heavy (non-hydrogen) atoms. The van der Waals surface area contributed by atoms with Gasteiger partial charge in [-0.15, -0.1) is 0 Å². The normalized spacial score (nSPS) is 19.4. The van der Waals surface area contributed by atoms with Gasteiger partial charge in [-0.3, -0.25) is 0 Å². The smallest absolute Gasteiger partial charge is 0.0543 e. The molecule has 0 saturated carbocycles. The second-order valence-electron chi connectivity index (χ2n) is 3.59. The summed E-state index contributed by atoms with van der Waals surface area (Å²) in [4.78, 5) is 0. The lowest BCUT2D eigenvalue weighted by Gasteiger charge is -2.27. The predicted octanol–water partition coefficient (Wildman–Crippen LogP) is 1.56. The number of aliphatic hydroxyl groups is 2. The van der Waals surface area contributed by atoms with E-state index in [1.54, 1.807) is 0 Å². The zero-order valence-electron chi connectivity index (χ0n) is 7.80. The summed E-state index contributed by atoms with van der Waals surface area (Å²) < 4.78 is 0. The van der Waals surface area contributed by atoms with Crippen molar-refractivity contribution in [1.29, 1.82) is 0 Å². The van der Waals surface area contributed by atoms with Gasteiger partial charge in [-0.1, -0.05) is 20.8 Å². The second kappa shape index (κ2) is 4.73. The van der Waals surface area contributed by atoms with Crippen molar-refractivity contribution in [3.8, 4) is 0 Å². The van der Waals surface area contributed by atoms with Gasteiger partial charge in [0.25, 0.3) is 0 Å². The average Bonchev–Trinajstić information content (AvgIpc) is 2.04. The van der Waals surface area contributed by atoms with Crippen LogP contribution < -0.4 is 0 Å². The molecule has 0 bridgehead atoms. The first-order chi connectivity index (χ1) is 5.08. The Bertz CT molecular complexity index is 97.7. The summed E-state index contributed by atoms with van der Waals surface area (Å²) >= 11 is 0. The van der Waals surface area contributed by atoms with Crippen molar-refractivity contribution in [3.63, 3.8) is 0 Å². The van der Waals surface area contributed by atoms with E-state index in [1.807, 2.05) is 20.8 Å². The van der Waals surface area contributed by atoms with Gasteiger partial charge in [-0.2, -0.15) is 0 Å². The second-order valence-corrected chi connectivity index (χ2v) is 3.59. The Labute approximate surface area is 69.2 Å². The molecule has 68 valence electrons. The molecule has 2 heteroatoms. The van der Waals surface area contributed by atoms with Crippen LogP contribution in [0, 0.1) is 5.41 Å². The highest BCUT2D eigenvalue weighted by Gasteiger charge is 2.23. The fourth-order valence-electron chi connectivity index (χ4n) is 1.03. The maximum absolute atomic E-state index is 9.34. The maximum Gasteiger partial charge on any atom is 0.0543 e. The third-order valence-electron chi connectivity index (χ3n) is 2.43. The molecule has 0 aliphatic heterocycles. The molecule has 0 saturated heterocycles. The van der Waals surface area contributed by atoms with E-state index in [2.05, 4.69) is 0 Å². The molecule has 2 nitrogen and oxygen atoms in total. The van der Waals surface area contributed by atoms with Gasteiger partial charge in [-0.05, 0) is 24.7 Å². The SMILES string of the molecule is CCC(O)CC(C)(CC)CO. The van der Waals surface area contributed by atoms with Crippen LogP contribution in [0.5, 0.6) is 0 Å². The molecule has 0 amide bonds. The minimum atomic E-state index is -0.257. The lowest BCUT2D eigenvalue weighted by molar-refractivity contribution is 0.0568. The van der Waals surface area contributed by atoms with Crippen LogP contribution in [0.3, 0.4) is 0 Å². The van der Waals surface area contributed by atoms with Crippen molar-refractivity contribution in [3.05, 3.63) is 0 Å². The molecule has 0 fully saturated rings. The van der Waals surface area contributed by atoms with E-state index >= 15 is 0 Å². The standard InChI is InChI=1S/C9H20O2/c1-4-8(11)6-9(3,5-2)7-10/h8,10-11H,4-7H2,1-3H3. The number of rotatable bonds is 5. The van der Waals surface area contributed by atoms with Crippen LogP contribution in [-0.2, 0) is 0 Å². The van der Waals surface area contributed by atoms with Crippen LogP contribution >= 0.6 is 0 Å². The van der Waals surface area contributed by atoms with E-state index in [4.69, 9.17) is 5.11 Å². The van der Waals surface area contributed by atoms with Gasteiger partial charge in [0.1, 0.15) is 0 Å². The Morgan fingerprint density at radius 3 is 2.18 bits per heavy atom. The topological polar surface area (TPSA) is 40.5 Å². The molecular weight excluding hydrogens is 140 g/mol. The molecule has 0 radical (unpaired) electrons. The van der Waals surface area contributed by atoms with Crippen LogP contribution in [0.2, 0.25) is 0 Å². The van der Waals surface area contributed by atoms with Gasteiger partial charge < -0.3 is 10.2 Å². The Balaban J connectivity index is 3.86. The van der Waals surface area contributed by atoms with Crippen molar-refractivity contribution in [2.75, 3.05) is 6.61 Å². The quantitative estimate of drug-likeness (QED) is 0.640. The van der Waals surface area contributed by atoms with Crippen LogP contribution in [0.4, 0.5) is 0 Å². The van der Waals surface area contributed by atoms with Gasteiger partial charge in [-0.25, -0.2) is 0 Å². The molecule has 0 aliphatic carbocycles. The monoisotopic (exact) mass is 160 g/mol. The summed E-state index contributed by atoms with van der Waals surface area (Å²) in [5.41, 5.74) is -0.0879. The third kappa shape index (κ3) is 3.73. The number of hydrogen-bond acceptors (Lipinski definition) is 2. The maximum atomic E-state index is 9.34. The highest BCUT2D eigenvalue weighted by atomic mass is 16.3. The molecule has 0 spiro atoms. The van der Waals surface area contributed by atoms with Crippen molar-refractivity contribution >= 4 is 0 Å². The summed E-state index contributed by atoms with van der Waals surface area (Å²) in [6.07, 6.45) is 2.14. The molecule has 0 aromatic rings. The zero-order valence-corrected chi connectivity index (χ0v) is 7.80. The highest BCUT2D eigenvalue weighted by molar-refractivity contribution is 4.74. The number of aliphatic hydroxyl groups excluding tert-OH is 2. The molecule has 0 aliphatic rings. The fraction of sp³-hybridized carbons (Fsp3) is 1.00. The van der Waals surface area contributed by atoms with Crippen LogP contribution in [0.15, 0.2) is 0 Å². The molecule has 2 atom stereocenters. The average molecular weight is 160 g/mol. The van der Waals surface area contributed by atoms with E-state index < -0.39 is 0 Å². The summed E-state index contributed by atoms with van der Waals surface area (Å²) in [5.74, 6) is 0. The fourth-order valence-corrected chi connectivity index (χ4v) is 1.03. The summed E-state index contributed by atoms with van der Waals surface area (Å²) in [7, 11) is 0. The van der Waals surface area contributed by atoms with Crippen molar-refractivity contribution < 1.29 is 10.2 Å².